The van der Waals surface area contributed by atoms with Crippen LogP contribution in [0.4, 0.5) is 0 Å². The molecule has 5 nitrogen and oxygen atoms in total. The second-order valence-electron chi connectivity index (χ2n) is 4.77. The van der Waals surface area contributed by atoms with Crippen molar-refractivity contribution in [2.45, 2.75) is 6.92 Å². The highest BCUT2D eigenvalue weighted by molar-refractivity contribution is 6.36. The van der Waals surface area contributed by atoms with E-state index in [-0.39, 0.29) is 5.56 Å². The Bertz CT molecular complexity index is 822. The summed E-state index contributed by atoms with van der Waals surface area (Å²) < 4.78 is 5.55. The van der Waals surface area contributed by atoms with E-state index in [4.69, 9.17) is 27.9 Å². The van der Waals surface area contributed by atoms with Crippen LogP contribution in [0.3, 0.4) is 0 Å². The Balaban J connectivity index is 2.44. The summed E-state index contributed by atoms with van der Waals surface area (Å²) in [6.07, 6.45) is 3.13. The van der Waals surface area contributed by atoms with Crippen LogP contribution in [0.15, 0.2) is 16.9 Å². The molecule has 112 valence electrons. The zero-order chi connectivity index (χ0) is 15.6. The van der Waals surface area contributed by atoms with Crippen LogP contribution in [0.2, 0.25) is 10.0 Å². The minimum absolute atomic E-state index is 0.225. The molecule has 2 aromatic rings. The summed E-state index contributed by atoms with van der Waals surface area (Å²) in [6.45, 7) is 1.86. The van der Waals surface area contributed by atoms with Crippen LogP contribution in [0.5, 0.6) is 5.75 Å². The molecule has 0 saturated carbocycles. The summed E-state index contributed by atoms with van der Waals surface area (Å²) in [5.74, 6) is 0.469. The predicted octanol–water partition coefficient (Wildman–Crippen LogP) is 1.43. The zero-order valence-electron chi connectivity index (χ0n) is 11.8. The summed E-state index contributed by atoms with van der Waals surface area (Å²) in [5, 5.41) is 7.23. The van der Waals surface area contributed by atoms with Gasteiger partial charge in [-0.25, -0.2) is 0 Å². The molecule has 2 rings (SSSR count). The number of benzene rings is 1. The first kappa shape index (κ1) is 15.5. The van der Waals surface area contributed by atoms with Gasteiger partial charge in [-0.3, -0.25) is 15.0 Å². The van der Waals surface area contributed by atoms with Gasteiger partial charge >= 0.3 is 0 Å². The largest absolute Gasteiger partial charge is 0.461 e. The van der Waals surface area contributed by atoms with Crippen LogP contribution in [-0.2, 0) is 0 Å². The van der Waals surface area contributed by atoms with Gasteiger partial charge in [0.2, 0.25) is 0 Å². The van der Waals surface area contributed by atoms with Crippen LogP contribution in [0, 0.1) is 6.92 Å². The van der Waals surface area contributed by atoms with Crippen LogP contribution < -0.4 is 20.9 Å². The molecule has 0 radical (unpaired) electrons. The Morgan fingerprint density at radius 2 is 1.90 bits per heavy atom. The van der Waals surface area contributed by atoms with Crippen molar-refractivity contribution in [2.75, 3.05) is 14.1 Å². The van der Waals surface area contributed by atoms with Crippen molar-refractivity contribution in [3.63, 3.8) is 0 Å². The molecule has 0 unspecified atom stereocenters. The summed E-state index contributed by atoms with van der Waals surface area (Å²) in [5.41, 5.74) is 0.629. The van der Waals surface area contributed by atoms with E-state index in [1.807, 2.05) is 21.0 Å². The van der Waals surface area contributed by atoms with Gasteiger partial charge in [0.25, 0.3) is 5.56 Å². The molecule has 1 aromatic heterocycles. The average Bonchev–Trinajstić information content (AvgIpc) is 2.73. The molecule has 1 heterocycles. The maximum Gasteiger partial charge on any atom is 0.273 e. The first-order valence-corrected chi connectivity index (χ1v) is 6.91. The minimum atomic E-state index is -0.225. The van der Waals surface area contributed by atoms with E-state index >= 15 is 0 Å². The Morgan fingerprint density at radius 1 is 1.19 bits per heavy atom. The topological polar surface area (TPSA) is 61.1 Å². The van der Waals surface area contributed by atoms with Crippen molar-refractivity contribution in [3.05, 3.63) is 48.7 Å². The van der Waals surface area contributed by atoms with Gasteiger partial charge in [-0.15, -0.1) is 0 Å². The van der Waals surface area contributed by atoms with Crippen molar-refractivity contribution < 1.29 is 4.74 Å². The molecule has 0 aliphatic heterocycles. The first-order chi connectivity index (χ1) is 9.88. The first-order valence-electron chi connectivity index (χ1n) is 6.16. The number of aromatic amines is 2. The molecule has 0 aliphatic rings. The molecule has 7 heteroatoms. The molecular weight excluding hydrogens is 313 g/mol. The number of nitrogens with zero attached hydrogens (tertiary/aromatic N) is 1. The van der Waals surface area contributed by atoms with Crippen LogP contribution >= 0.6 is 23.2 Å². The van der Waals surface area contributed by atoms with Gasteiger partial charge in [0, 0.05) is 25.3 Å². The van der Waals surface area contributed by atoms with Crippen molar-refractivity contribution >= 4 is 35.7 Å². The third kappa shape index (κ3) is 3.62. The summed E-state index contributed by atoms with van der Waals surface area (Å²) in [7, 11) is 3.66. The molecule has 0 saturated heterocycles. The molecule has 21 heavy (non-hydrogen) atoms. The lowest BCUT2D eigenvalue weighted by Crippen LogP contribution is -2.35. The van der Waals surface area contributed by atoms with Gasteiger partial charge in [0.05, 0.1) is 10.2 Å². The highest BCUT2D eigenvalue weighted by atomic mass is 35.5. The Morgan fingerprint density at radius 3 is 2.57 bits per heavy atom. The van der Waals surface area contributed by atoms with E-state index in [0.29, 0.717) is 26.4 Å². The Labute approximate surface area is 131 Å². The summed E-state index contributed by atoms with van der Waals surface area (Å²) in [4.78, 5) is 13.5. The van der Waals surface area contributed by atoms with E-state index < -0.39 is 0 Å². The number of hydrogen-bond donors (Lipinski definition) is 2. The van der Waals surface area contributed by atoms with Crippen LogP contribution in [0.1, 0.15) is 5.56 Å². The third-order valence-corrected chi connectivity index (χ3v) is 3.45. The van der Waals surface area contributed by atoms with Gasteiger partial charge in [0.15, 0.2) is 0 Å². The molecule has 0 fully saturated rings. The number of aryl methyl sites for hydroxylation is 1. The minimum Gasteiger partial charge on any atom is -0.461 e. The van der Waals surface area contributed by atoms with E-state index in [2.05, 4.69) is 10.2 Å². The highest BCUT2D eigenvalue weighted by Gasteiger charge is 2.05. The molecule has 0 bridgehead atoms. The molecule has 0 aliphatic carbocycles. The zero-order valence-corrected chi connectivity index (χ0v) is 13.3. The standard InChI is InChI=1S/C14H15Cl2N3O2/c1-8-4-13(11(16)5-10(8)15)21-7-12-9(6-19(2)3)14(20)18-17-12/h4-7,17H,1-3H3,(H,18,20)/b9-6?,12-7-. The van der Waals surface area contributed by atoms with Crippen molar-refractivity contribution in [3.8, 4) is 5.75 Å². The van der Waals surface area contributed by atoms with Crippen LogP contribution in [-0.4, -0.2) is 29.2 Å². The molecular formula is C14H15Cl2N3O2. The van der Waals surface area contributed by atoms with Crippen molar-refractivity contribution in [1.82, 2.24) is 15.1 Å². The molecule has 0 spiro atoms. The lowest BCUT2D eigenvalue weighted by Gasteiger charge is -2.05. The lowest BCUT2D eigenvalue weighted by molar-refractivity contribution is 0.537. The number of ether oxygens (including phenoxy) is 1. The maximum atomic E-state index is 11.7. The molecule has 1 aromatic carbocycles. The van der Waals surface area contributed by atoms with Crippen molar-refractivity contribution in [2.24, 2.45) is 0 Å². The fraction of sp³-hybridized carbons (Fsp3) is 0.214. The smallest absolute Gasteiger partial charge is 0.273 e. The number of nitrogens with one attached hydrogen (secondary N) is 2. The number of aromatic nitrogens is 2. The number of hydrogen-bond acceptors (Lipinski definition) is 3. The van der Waals surface area contributed by atoms with Gasteiger partial charge < -0.3 is 9.64 Å². The van der Waals surface area contributed by atoms with E-state index in [0.717, 1.165) is 5.56 Å². The van der Waals surface area contributed by atoms with Crippen molar-refractivity contribution in [1.29, 1.82) is 0 Å². The quantitative estimate of drug-likeness (QED) is 0.896. The summed E-state index contributed by atoms with van der Waals surface area (Å²) >= 11 is 12.0. The second-order valence-corrected chi connectivity index (χ2v) is 5.58. The fourth-order valence-corrected chi connectivity index (χ4v) is 2.13. The average molecular weight is 328 g/mol. The van der Waals surface area contributed by atoms with E-state index in [9.17, 15) is 4.79 Å². The molecule has 0 amide bonds. The van der Waals surface area contributed by atoms with Gasteiger partial charge in [-0.05, 0) is 24.6 Å². The van der Waals surface area contributed by atoms with Crippen LogP contribution in [0.25, 0.3) is 12.5 Å². The Hall–Kier alpha value is -1.85. The second kappa shape index (κ2) is 6.28. The Kier molecular flexibility index (Phi) is 4.65. The lowest BCUT2D eigenvalue weighted by atomic mass is 10.2. The monoisotopic (exact) mass is 327 g/mol. The SMILES string of the molecule is Cc1cc(O/C=c2\[nH][nH]c(=O)c2=CN(C)C)c(Cl)cc1Cl. The normalized spacial score (nSPS) is 12.8. The van der Waals surface area contributed by atoms with E-state index in [1.54, 1.807) is 23.2 Å². The molecule has 0 atom stereocenters. The maximum absolute atomic E-state index is 11.7. The predicted molar refractivity (Wildman–Crippen MR) is 85.1 cm³/mol. The van der Waals surface area contributed by atoms with Gasteiger partial charge in [-0.1, -0.05) is 23.2 Å². The molecule has 2 N–H and O–H groups in total. The number of rotatable bonds is 3. The highest BCUT2D eigenvalue weighted by Crippen LogP contribution is 2.30. The number of H-pyrrole nitrogens is 2. The van der Waals surface area contributed by atoms with Gasteiger partial charge in [-0.2, -0.15) is 0 Å². The third-order valence-electron chi connectivity index (χ3n) is 2.75. The fourth-order valence-electron chi connectivity index (χ4n) is 1.70. The number of halogens is 2. The van der Waals surface area contributed by atoms with E-state index in [1.165, 1.54) is 6.26 Å². The summed E-state index contributed by atoms with van der Waals surface area (Å²) in [6, 6.07) is 3.36. The van der Waals surface area contributed by atoms with Gasteiger partial charge in [0.1, 0.15) is 17.4 Å².